The van der Waals surface area contributed by atoms with Crippen LogP contribution in [0.15, 0.2) is 24.3 Å². The molecule has 0 amide bonds. The highest BCUT2D eigenvalue weighted by Crippen LogP contribution is 2.22. The van der Waals surface area contributed by atoms with E-state index in [4.69, 9.17) is 9.47 Å². The summed E-state index contributed by atoms with van der Waals surface area (Å²) >= 11 is 0. The van der Waals surface area contributed by atoms with Crippen LogP contribution in [0.25, 0.3) is 0 Å². The van der Waals surface area contributed by atoms with E-state index in [9.17, 15) is 8.42 Å². The Bertz CT molecular complexity index is 621. The summed E-state index contributed by atoms with van der Waals surface area (Å²) in [5.74, 6) is 0.861. The SMILES string of the molecule is Cc1cccc(OC2CCN(S(=O)(=O)N3CCOCC3)CC2)c1. The first-order valence-electron chi connectivity index (χ1n) is 8.12. The van der Waals surface area contributed by atoms with Crippen molar-refractivity contribution in [2.45, 2.75) is 25.9 Å². The van der Waals surface area contributed by atoms with Crippen molar-refractivity contribution >= 4 is 10.2 Å². The molecule has 0 radical (unpaired) electrons. The average molecular weight is 340 g/mol. The fourth-order valence-corrected chi connectivity index (χ4v) is 4.61. The van der Waals surface area contributed by atoms with E-state index in [0.717, 1.165) is 24.2 Å². The van der Waals surface area contributed by atoms with E-state index in [1.807, 2.05) is 31.2 Å². The number of piperidine rings is 1. The molecule has 23 heavy (non-hydrogen) atoms. The molecule has 2 saturated heterocycles. The summed E-state index contributed by atoms with van der Waals surface area (Å²) in [6, 6.07) is 7.97. The predicted molar refractivity (Wildman–Crippen MR) is 87.7 cm³/mol. The Morgan fingerprint density at radius 2 is 1.74 bits per heavy atom. The second-order valence-electron chi connectivity index (χ2n) is 6.05. The highest BCUT2D eigenvalue weighted by Gasteiger charge is 2.34. The Kier molecular flexibility index (Phi) is 5.21. The van der Waals surface area contributed by atoms with Gasteiger partial charge in [0.25, 0.3) is 10.2 Å². The van der Waals surface area contributed by atoms with Crippen LogP contribution >= 0.6 is 0 Å². The molecule has 0 bridgehead atoms. The minimum absolute atomic E-state index is 0.0768. The Balaban J connectivity index is 1.55. The second-order valence-corrected chi connectivity index (χ2v) is 7.98. The molecule has 7 heteroatoms. The predicted octanol–water partition coefficient (Wildman–Crippen LogP) is 1.42. The maximum atomic E-state index is 12.6. The molecule has 0 aliphatic carbocycles. The van der Waals surface area contributed by atoms with Gasteiger partial charge in [-0.3, -0.25) is 0 Å². The Morgan fingerprint density at radius 3 is 2.39 bits per heavy atom. The van der Waals surface area contributed by atoms with Crippen LogP contribution in [0.5, 0.6) is 5.75 Å². The third-order valence-electron chi connectivity index (χ3n) is 4.32. The smallest absolute Gasteiger partial charge is 0.282 e. The molecule has 3 rings (SSSR count). The first-order valence-corrected chi connectivity index (χ1v) is 9.52. The fraction of sp³-hybridized carbons (Fsp3) is 0.625. The lowest BCUT2D eigenvalue weighted by atomic mass is 10.1. The molecule has 1 aromatic rings. The highest BCUT2D eigenvalue weighted by molar-refractivity contribution is 7.86. The van der Waals surface area contributed by atoms with Crippen LogP contribution in [0.2, 0.25) is 0 Å². The van der Waals surface area contributed by atoms with Crippen molar-refractivity contribution in [2.75, 3.05) is 39.4 Å². The number of ether oxygens (including phenoxy) is 2. The first kappa shape index (κ1) is 16.7. The molecule has 2 heterocycles. The van der Waals surface area contributed by atoms with Crippen LogP contribution in [0, 0.1) is 6.92 Å². The van der Waals surface area contributed by atoms with Crippen molar-refractivity contribution in [1.82, 2.24) is 8.61 Å². The number of rotatable bonds is 4. The fourth-order valence-electron chi connectivity index (χ4n) is 3.00. The van der Waals surface area contributed by atoms with E-state index in [-0.39, 0.29) is 6.10 Å². The molecule has 0 atom stereocenters. The van der Waals surface area contributed by atoms with Gasteiger partial charge in [-0.15, -0.1) is 0 Å². The topological polar surface area (TPSA) is 59.1 Å². The standard InChI is InChI=1S/C16H24N2O4S/c1-14-3-2-4-16(13-14)22-15-5-7-17(8-6-15)23(19,20)18-9-11-21-12-10-18/h2-4,13,15H,5-12H2,1H3. The minimum atomic E-state index is -3.36. The Hall–Kier alpha value is -1.15. The van der Waals surface area contributed by atoms with Crippen LogP contribution in [-0.2, 0) is 14.9 Å². The largest absolute Gasteiger partial charge is 0.490 e. The number of hydrogen-bond acceptors (Lipinski definition) is 4. The van der Waals surface area contributed by atoms with E-state index in [1.165, 1.54) is 4.31 Å². The van der Waals surface area contributed by atoms with Gasteiger partial charge in [0.2, 0.25) is 0 Å². The lowest BCUT2D eigenvalue weighted by molar-refractivity contribution is 0.0677. The van der Waals surface area contributed by atoms with Gasteiger partial charge in [-0.05, 0) is 37.5 Å². The van der Waals surface area contributed by atoms with Crippen LogP contribution in [0.1, 0.15) is 18.4 Å². The number of nitrogens with zero attached hydrogens (tertiary/aromatic N) is 2. The third-order valence-corrected chi connectivity index (χ3v) is 6.35. The molecule has 2 fully saturated rings. The van der Waals surface area contributed by atoms with E-state index in [2.05, 4.69) is 0 Å². The van der Waals surface area contributed by atoms with Gasteiger partial charge in [-0.25, -0.2) is 0 Å². The van der Waals surface area contributed by atoms with Crippen molar-refractivity contribution in [2.24, 2.45) is 0 Å². The van der Waals surface area contributed by atoms with Crippen molar-refractivity contribution in [1.29, 1.82) is 0 Å². The molecule has 1 aromatic carbocycles. The quantitative estimate of drug-likeness (QED) is 0.832. The maximum Gasteiger partial charge on any atom is 0.282 e. The lowest BCUT2D eigenvalue weighted by Gasteiger charge is -2.36. The molecule has 2 aliphatic rings. The number of aryl methyl sites for hydroxylation is 1. The van der Waals surface area contributed by atoms with Crippen LogP contribution in [-0.4, -0.2) is 62.5 Å². The van der Waals surface area contributed by atoms with Crippen molar-refractivity contribution < 1.29 is 17.9 Å². The van der Waals surface area contributed by atoms with Gasteiger partial charge in [0.05, 0.1) is 13.2 Å². The van der Waals surface area contributed by atoms with Gasteiger partial charge in [0.1, 0.15) is 11.9 Å². The zero-order valence-electron chi connectivity index (χ0n) is 13.5. The van der Waals surface area contributed by atoms with Crippen molar-refractivity contribution in [3.05, 3.63) is 29.8 Å². The third kappa shape index (κ3) is 4.03. The molecule has 0 unspecified atom stereocenters. The van der Waals surface area contributed by atoms with E-state index in [0.29, 0.717) is 39.4 Å². The van der Waals surface area contributed by atoms with E-state index < -0.39 is 10.2 Å². The number of morpholine rings is 1. The van der Waals surface area contributed by atoms with Crippen molar-refractivity contribution in [3.63, 3.8) is 0 Å². The zero-order valence-corrected chi connectivity index (χ0v) is 14.3. The molecule has 0 saturated carbocycles. The van der Waals surface area contributed by atoms with Gasteiger partial charge < -0.3 is 9.47 Å². The van der Waals surface area contributed by atoms with Gasteiger partial charge in [-0.1, -0.05) is 12.1 Å². The van der Waals surface area contributed by atoms with E-state index in [1.54, 1.807) is 4.31 Å². The first-order chi connectivity index (χ1) is 11.1. The summed E-state index contributed by atoms with van der Waals surface area (Å²) in [5, 5.41) is 0. The normalized spacial score (nSPS) is 22.1. The summed E-state index contributed by atoms with van der Waals surface area (Å²) < 4.78 is 39.5. The summed E-state index contributed by atoms with van der Waals surface area (Å²) in [4.78, 5) is 0. The lowest BCUT2D eigenvalue weighted by Crippen LogP contribution is -2.51. The molecule has 6 nitrogen and oxygen atoms in total. The molecule has 128 valence electrons. The number of benzene rings is 1. The van der Waals surface area contributed by atoms with Gasteiger partial charge in [0, 0.05) is 26.2 Å². The monoisotopic (exact) mass is 340 g/mol. The summed E-state index contributed by atoms with van der Waals surface area (Å²) in [7, 11) is -3.36. The molecular formula is C16H24N2O4S. The summed E-state index contributed by atoms with van der Waals surface area (Å²) in [6.07, 6.45) is 1.52. The molecule has 0 spiro atoms. The minimum Gasteiger partial charge on any atom is -0.490 e. The highest BCUT2D eigenvalue weighted by atomic mass is 32.2. The molecule has 0 N–H and O–H groups in total. The van der Waals surface area contributed by atoms with Gasteiger partial charge >= 0.3 is 0 Å². The molecular weight excluding hydrogens is 316 g/mol. The van der Waals surface area contributed by atoms with E-state index >= 15 is 0 Å². The molecule has 0 aromatic heterocycles. The Morgan fingerprint density at radius 1 is 1.09 bits per heavy atom. The van der Waals surface area contributed by atoms with Gasteiger partial charge in [0.15, 0.2) is 0 Å². The van der Waals surface area contributed by atoms with Crippen molar-refractivity contribution in [3.8, 4) is 5.75 Å². The van der Waals surface area contributed by atoms with Gasteiger partial charge in [-0.2, -0.15) is 17.0 Å². The van der Waals surface area contributed by atoms with Crippen LogP contribution < -0.4 is 4.74 Å². The Labute approximate surface area is 138 Å². The number of hydrogen-bond donors (Lipinski definition) is 0. The van der Waals surface area contributed by atoms with Crippen LogP contribution in [0.3, 0.4) is 0 Å². The van der Waals surface area contributed by atoms with Crippen LogP contribution in [0.4, 0.5) is 0 Å². The maximum absolute atomic E-state index is 12.6. The summed E-state index contributed by atoms with van der Waals surface area (Å²) in [5.41, 5.74) is 1.16. The zero-order chi connectivity index (χ0) is 16.3. The average Bonchev–Trinajstić information content (AvgIpc) is 2.56. The second kappa shape index (κ2) is 7.17. The summed E-state index contributed by atoms with van der Waals surface area (Å²) in [6.45, 7) is 4.90. The molecule has 2 aliphatic heterocycles.